The van der Waals surface area contributed by atoms with Crippen LogP contribution in [-0.4, -0.2) is 46.5 Å². The fourth-order valence-corrected chi connectivity index (χ4v) is 5.47. The Morgan fingerprint density at radius 1 is 1.32 bits per heavy atom. The Kier molecular flexibility index (Phi) is 5.77. The first-order valence-electron chi connectivity index (χ1n) is 8.03. The van der Waals surface area contributed by atoms with Crippen LogP contribution in [0.2, 0.25) is 0 Å². The molecule has 1 fully saturated rings. The highest BCUT2D eigenvalue weighted by atomic mass is 32.2. The summed E-state index contributed by atoms with van der Waals surface area (Å²) in [4.78, 5) is -0.204. The van der Waals surface area contributed by atoms with E-state index in [-0.39, 0.29) is 28.3 Å². The van der Waals surface area contributed by atoms with Crippen LogP contribution < -0.4 is 10.5 Å². The van der Waals surface area contributed by atoms with Gasteiger partial charge >= 0.3 is 0 Å². The second kappa shape index (κ2) is 7.18. The molecule has 1 saturated heterocycles. The van der Waals surface area contributed by atoms with Crippen LogP contribution in [0.1, 0.15) is 26.7 Å². The lowest BCUT2D eigenvalue weighted by molar-refractivity contribution is 0.349. The fourth-order valence-electron chi connectivity index (χ4n) is 2.73. The molecule has 7 nitrogen and oxygen atoms in total. The van der Waals surface area contributed by atoms with Gasteiger partial charge in [0, 0.05) is 13.1 Å². The van der Waals surface area contributed by atoms with E-state index in [9.17, 15) is 21.2 Å². The van der Waals surface area contributed by atoms with E-state index in [1.165, 1.54) is 10.4 Å². The third kappa shape index (κ3) is 4.49. The summed E-state index contributed by atoms with van der Waals surface area (Å²) < 4.78 is 66.4. The summed E-state index contributed by atoms with van der Waals surface area (Å²) in [6, 6.07) is 3.19. The average molecular weight is 394 g/mol. The molecule has 1 aromatic rings. The summed E-state index contributed by atoms with van der Waals surface area (Å²) >= 11 is 0. The minimum Gasteiger partial charge on any atom is -0.330 e. The Labute approximate surface area is 148 Å². The van der Waals surface area contributed by atoms with Crippen LogP contribution in [0.3, 0.4) is 0 Å². The van der Waals surface area contributed by atoms with E-state index in [0.29, 0.717) is 25.9 Å². The van der Waals surface area contributed by atoms with Gasteiger partial charge in [0.1, 0.15) is 5.82 Å². The van der Waals surface area contributed by atoms with Gasteiger partial charge in [-0.15, -0.1) is 0 Å². The van der Waals surface area contributed by atoms with E-state index >= 15 is 0 Å². The van der Waals surface area contributed by atoms with Crippen molar-refractivity contribution in [3.8, 4) is 0 Å². The highest BCUT2D eigenvalue weighted by Gasteiger charge is 2.39. The van der Waals surface area contributed by atoms with E-state index < -0.39 is 25.9 Å². The molecule has 1 aliphatic heterocycles. The van der Waals surface area contributed by atoms with Crippen LogP contribution in [0.5, 0.6) is 0 Å². The molecule has 10 heteroatoms. The Bertz CT molecular complexity index is 842. The number of nitrogens with zero attached hydrogens (tertiary/aromatic N) is 1. The van der Waals surface area contributed by atoms with Gasteiger partial charge in [-0.25, -0.2) is 21.2 Å². The summed E-state index contributed by atoms with van der Waals surface area (Å²) in [5.74, 6) is -1.07. The van der Waals surface area contributed by atoms with Crippen LogP contribution >= 0.6 is 0 Å². The van der Waals surface area contributed by atoms with Crippen molar-refractivity contribution in [2.45, 2.75) is 31.6 Å². The molecule has 0 aliphatic carbocycles. The maximum Gasteiger partial charge on any atom is 0.243 e. The number of nitrogens with one attached hydrogen (secondary N) is 1. The van der Waals surface area contributed by atoms with Crippen molar-refractivity contribution in [3.05, 3.63) is 24.0 Å². The van der Waals surface area contributed by atoms with Gasteiger partial charge in [-0.3, -0.25) is 4.72 Å². The standard InChI is InChI=1S/C15H24FN3O4S2/c1-3-8-24(20,21)18-14-5-4-12(9-13(14)16)25(22,23)19-7-6-15(2,10-17)11-19/h4-5,9,18H,3,6-8,10-11,17H2,1-2H3. The van der Waals surface area contributed by atoms with E-state index in [4.69, 9.17) is 5.73 Å². The topological polar surface area (TPSA) is 110 Å². The van der Waals surface area contributed by atoms with E-state index in [1.54, 1.807) is 6.92 Å². The summed E-state index contributed by atoms with van der Waals surface area (Å²) in [6.45, 7) is 4.57. The maximum atomic E-state index is 14.2. The minimum absolute atomic E-state index is 0.141. The normalized spacial score (nSPS) is 22.2. The number of hydrogen-bond donors (Lipinski definition) is 2. The first-order valence-corrected chi connectivity index (χ1v) is 11.1. The molecule has 0 amide bonds. The first-order chi connectivity index (χ1) is 11.5. The Morgan fingerprint density at radius 2 is 2.00 bits per heavy atom. The van der Waals surface area contributed by atoms with Crippen LogP contribution in [0.15, 0.2) is 23.1 Å². The molecule has 0 bridgehead atoms. The van der Waals surface area contributed by atoms with Crippen molar-refractivity contribution >= 4 is 25.7 Å². The van der Waals surface area contributed by atoms with Gasteiger partial charge in [-0.05, 0) is 43.0 Å². The first kappa shape index (κ1) is 20.1. The lowest BCUT2D eigenvalue weighted by atomic mass is 9.90. The molecule has 0 aromatic heterocycles. The SMILES string of the molecule is CCCS(=O)(=O)Nc1ccc(S(=O)(=O)N2CCC(C)(CN)C2)cc1F. The molecular formula is C15H24FN3O4S2. The zero-order valence-electron chi connectivity index (χ0n) is 14.3. The Morgan fingerprint density at radius 3 is 2.52 bits per heavy atom. The molecule has 0 spiro atoms. The summed E-state index contributed by atoms with van der Waals surface area (Å²) in [6.07, 6.45) is 1.03. The quantitative estimate of drug-likeness (QED) is 0.726. The van der Waals surface area contributed by atoms with Crippen molar-refractivity contribution < 1.29 is 21.2 Å². The van der Waals surface area contributed by atoms with Crippen LogP contribution in [0, 0.1) is 11.2 Å². The second-order valence-electron chi connectivity index (χ2n) is 6.67. The molecule has 2 rings (SSSR count). The molecule has 25 heavy (non-hydrogen) atoms. The van der Waals surface area contributed by atoms with Crippen molar-refractivity contribution in [3.63, 3.8) is 0 Å². The van der Waals surface area contributed by atoms with Crippen LogP contribution in [0.4, 0.5) is 10.1 Å². The van der Waals surface area contributed by atoms with E-state index in [0.717, 1.165) is 12.1 Å². The van der Waals surface area contributed by atoms with Gasteiger partial charge in [0.2, 0.25) is 20.0 Å². The average Bonchev–Trinajstić information content (AvgIpc) is 2.93. The number of nitrogens with two attached hydrogens (primary N) is 1. The number of rotatable bonds is 7. The van der Waals surface area contributed by atoms with Crippen LogP contribution in [0.25, 0.3) is 0 Å². The summed E-state index contributed by atoms with van der Waals surface area (Å²) in [7, 11) is -7.51. The van der Waals surface area contributed by atoms with E-state index in [1.807, 2.05) is 6.92 Å². The number of halogens is 1. The van der Waals surface area contributed by atoms with Gasteiger partial charge < -0.3 is 5.73 Å². The van der Waals surface area contributed by atoms with Crippen molar-refractivity contribution in [2.75, 3.05) is 30.1 Å². The lowest BCUT2D eigenvalue weighted by Crippen LogP contribution is -2.34. The molecular weight excluding hydrogens is 369 g/mol. The van der Waals surface area contributed by atoms with Crippen molar-refractivity contribution in [2.24, 2.45) is 11.1 Å². The number of sulfonamides is 2. The molecule has 1 aliphatic rings. The van der Waals surface area contributed by atoms with Crippen molar-refractivity contribution in [1.82, 2.24) is 4.31 Å². The molecule has 1 atom stereocenters. The zero-order chi connectivity index (χ0) is 18.9. The Hall–Kier alpha value is -1.23. The third-order valence-corrected chi connectivity index (χ3v) is 7.65. The number of anilines is 1. The summed E-state index contributed by atoms with van der Waals surface area (Å²) in [5, 5.41) is 0. The smallest absolute Gasteiger partial charge is 0.243 e. The molecule has 0 radical (unpaired) electrons. The molecule has 142 valence electrons. The minimum atomic E-state index is -3.85. The Balaban J connectivity index is 2.25. The number of hydrogen-bond acceptors (Lipinski definition) is 5. The highest BCUT2D eigenvalue weighted by molar-refractivity contribution is 7.92. The monoisotopic (exact) mass is 393 g/mol. The zero-order valence-corrected chi connectivity index (χ0v) is 16.0. The molecule has 1 aromatic carbocycles. The van der Waals surface area contributed by atoms with E-state index in [2.05, 4.69) is 4.72 Å². The van der Waals surface area contributed by atoms with Gasteiger partial charge in [-0.2, -0.15) is 4.31 Å². The predicted molar refractivity (Wildman–Crippen MR) is 94.6 cm³/mol. The second-order valence-corrected chi connectivity index (χ2v) is 10.4. The fraction of sp³-hybridized carbons (Fsp3) is 0.600. The third-order valence-electron chi connectivity index (χ3n) is 4.33. The number of benzene rings is 1. The van der Waals surface area contributed by atoms with Crippen LogP contribution in [-0.2, 0) is 20.0 Å². The predicted octanol–water partition coefficient (Wildman–Crippen LogP) is 1.34. The maximum absolute atomic E-state index is 14.2. The molecule has 3 N–H and O–H groups in total. The summed E-state index contributed by atoms with van der Waals surface area (Å²) in [5.41, 5.74) is 5.14. The largest absolute Gasteiger partial charge is 0.330 e. The van der Waals surface area contributed by atoms with Gasteiger partial charge in [0.05, 0.1) is 16.3 Å². The van der Waals surface area contributed by atoms with Gasteiger partial charge in [0.15, 0.2) is 0 Å². The van der Waals surface area contributed by atoms with Crippen molar-refractivity contribution in [1.29, 1.82) is 0 Å². The van der Waals surface area contributed by atoms with Gasteiger partial charge in [-0.1, -0.05) is 13.8 Å². The highest BCUT2D eigenvalue weighted by Crippen LogP contribution is 2.33. The molecule has 0 saturated carbocycles. The molecule has 1 unspecified atom stereocenters. The lowest BCUT2D eigenvalue weighted by Gasteiger charge is -2.22. The van der Waals surface area contributed by atoms with Gasteiger partial charge in [0.25, 0.3) is 0 Å². The molecule has 1 heterocycles.